The molecular formula is C8H8BrN5O. The molecule has 0 aliphatic heterocycles. The summed E-state index contributed by atoms with van der Waals surface area (Å²) in [6, 6.07) is 0. The largest absolute Gasteiger partial charge is 0.331 e. The number of halogens is 1. The predicted molar refractivity (Wildman–Crippen MR) is 55.3 cm³/mol. The second kappa shape index (κ2) is 3.58. The maximum Gasteiger partial charge on any atom is 0.249 e. The Morgan fingerprint density at radius 3 is 2.67 bits per heavy atom. The zero-order valence-corrected chi connectivity index (χ0v) is 9.76. The Hall–Kier alpha value is -1.50. The zero-order chi connectivity index (χ0) is 11.0. The van der Waals surface area contributed by atoms with E-state index in [1.807, 2.05) is 0 Å². The van der Waals surface area contributed by atoms with E-state index in [4.69, 9.17) is 0 Å². The van der Waals surface area contributed by atoms with Gasteiger partial charge in [0.1, 0.15) is 5.69 Å². The SMILES string of the molecule is Cn1ccnc1C(=O)c1c(Br)nnn1C. The van der Waals surface area contributed by atoms with Crippen molar-refractivity contribution in [2.75, 3.05) is 0 Å². The van der Waals surface area contributed by atoms with Gasteiger partial charge in [0, 0.05) is 26.5 Å². The molecule has 0 N–H and O–H groups in total. The molecule has 6 nitrogen and oxygen atoms in total. The van der Waals surface area contributed by atoms with Crippen molar-refractivity contribution >= 4 is 21.7 Å². The number of imidazole rings is 1. The Morgan fingerprint density at radius 2 is 2.20 bits per heavy atom. The van der Waals surface area contributed by atoms with E-state index in [0.717, 1.165) is 0 Å². The zero-order valence-electron chi connectivity index (χ0n) is 8.18. The van der Waals surface area contributed by atoms with Crippen molar-refractivity contribution in [3.8, 4) is 0 Å². The molecule has 2 rings (SSSR count). The molecule has 0 radical (unpaired) electrons. The molecule has 0 unspecified atom stereocenters. The van der Waals surface area contributed by atoms with Crippen molar-refractivity contribution in [1.29, 1.82) is 0 Å². The Labute approximate surface area is 94.0 Å². The molecule has 7 heteroatoms. The molecule has 2 aromatic heterocycles. The first kappa shape index (κ1) is 10.0. The maximum atomic E-state index is 12.0. The van der Waals surface area contributed by atoms with Crippen LogP contribution in [0, 0.1) is 0 Å². The Bertz CT molecular complexity index is 495. The van der Waals surface area contributed by atoms with Crippen LogP contribution in [0.3, 0.4) is 0 Å². The summed E-state index contributed by atoms with van der Waals surface area (Å²) < 4.78 is 3.50. The van der Waals surface area contributed by atoms with Crippen LogP contribution in [0.15, 0.2) is 17.0 Å². The first-order valence-corrected chi connectivity index (χ1v) is 4.97. The van der Waals surface area contributed by atoms with Crippen molar-refractivity contribution in [2.45, 2.75) is 0 Å². The highest BCUT2D eigenvalue weighted by atomic mass is 79.9. The minimum Gasteiger partial charge on any atom is -0.331 e. The molecule has 0 saturated heterocycles. The predicted octanol–water partition coefficient (Wildman–Crippen LogP) is 0.542. The first-order valence-electron chi connectivity index (χ1n) is 4.18. The Kier molecular flexibility index (Phi) is 2.39. The summed E-state index contributed by atoms with van der Waals surface area (Å²) in [7, 11) is 3.42. The molecule has 0 amide bonds. The number of aryl methyl sites for hydroxylation is 2. The number of aromatic nitrogens is 5. The molecule has 0 aliphatic rings. The van der Waals surface area contributed by atoms with E-state index in [1.165, 1.54) is 4.68 Å². The quantitative estimate of drug-likeness (QED) is 0.747. The second-order valence-corrected chi connectivity index (χ2v) is 3.79. The van der Waals surface area contributed by atoms with Gasteiger partial charge < -0.3 is 4.57 Å². The lowest BCUT2D eigenvalue weighted by Crippen LogP contribution is -2.13. The van der Waals surface area contributed by atoms with Crippen LogP contribution in [0.1, 0.15) is 16.3 Å². The number of carbonyl (C=O) groups is 1. The Balaban J connectivity index is 2.50. The van der Waals surface area contributed by atoms with Crippen LogP contribution in [-0.2, 0) is 14.1 Å². The van der Waals surface area contributed by atoms with Crippen LogP contribution in [0.5, 0.6) is 0 Å². The summed E-state index contributed by atoms with van der Waals surface area (Å²) in [4.78, 5) is 16.0. The van der Waals surface area contributed by atoms with Gasteiger partial charge >= 0.3 is 0 Å². The smallest absolute Gasteiger partial charge is 0.249 e. The number of carbonyl (C=O) groups excluding carboxylic acids is 1. The van der Waals surface area contributed by atoms with Crippen LogP contribution >= 0.6 is 15.9 Å². The van der Waals surface area contributed by atoms with E-state index in [-0.39, 0.29) is 5.78 Å². The fourth-order valence-corrected chi connectivity index (χ4v) is 1.77. The molecule has 78 valence electrons. The first-order chi connectivity index (χ1) is 7.11. The number of hydrogen-bond donors (Lipinski definition) is 0. The summed E-state index contributed by atoms with van der Waals surface area (Å²) in [6.45, 7) is 0. The molecule has 0 spiro atoms. The van der Waals surface area contributed by atoms with Gasteiger partial charge in [0.2, 0.25) is 5.78 Å². The van der Waals surface area contributed by atoms with E-state index in [2.05, 4.69) is 31.2 Å². The van der Waals surface area contributed by atoms with E-state index < -0.39 is 0 Å². The highest BCUT2D eigenvalue weighted by Gasteiger charge is 2.21. The standard InChI is InChI=1S/C8H8BrN5O/c1-13-4-3-10-8(13)6(15)5-7(9)11-12-14(5)2/h3-4H,1-2H3. The summed E-state index contributed by atoms with van der Waals surface area (Å²) in [5.41, 5.74) is 0.393. The normalized spacial score (nSPS) is 10.6. The second-order valence-electron chi connectivity index (χ2n) is 3.04. The molecule has 15 heavy (non-hydrogen) atoms. The third kappa shape index (κ3) is 1.58. The number of ketones is 1. The van der Waals surface area contributed by atoms with Gasteiger partial charge in [0.05, 0.1) is 0 Å². The minimum atomic E-state index is -0.207. The van der Waals surface area contributed by atoms with Gasteiger partial charge in [-0.15, -0.1) is 5.10 Å². The molecular weight excluding hydrogens is 262 g/mol. The molecule has 0 fully saturated rings. The van der Waals surface area contributed by atoms with Crippen LogP contribution in [0.4, 0.5) is 0 Å². The van der Waals surface area contributed by atoms with Crippen molar-refractivity contribution in [2.24, 2.45) is 14.1 Å². The van der Waals surface area contributed by atoms with Crippen LogP contribution in [-0.4, -0.2) is 30.3 Å². The van der Waals surface area contributed by atoms with Gasteiger partial charge in [-0.2, -0.15) is 0 Å². The molecule has 0 aliphatic carbocycles. The highest BCUT2D eigenvalue weighted by molar-refractivity contribution is 9.10. The van der Waals surface area contributed by atoms with Crippen LogP contribution in [0.25, 0.3) is 0 Å². The monoisotopic (exact) mass is 269 g/mol. The summed E-state index contributed by atoms with van der Waals surface area (Å²) in [5, 5.41) is 7.49. The Morgan fingerprint density at radius 1 is 1.47 bits per heavy atom. The van der Waals surface area contributed by atoms with E-state index in [1.54, 1.807) is 31.1 Å². The van der Waals surface area contributed by atoms with Gasteiger partial charge in [-0.1, -0.05) is 5.21 Å². The van der Waals surface area contributed by atoms with Crippen molar-refractivity contribution < 1.29 is 4.79 Å². The average Bonchev–Trinajstić information content (AvgIpc) is 2.73. The average molecular weight is 270 g/mol. The molecule has 0 saturated carbocycles. The van der Waals surface area contributed by atoms with Crippen molar-refractivity contribution in [1.82, 2.24) is 24.5 Å². The minimum absolute atomic E-state index is 0.207. The van der Waals surface area contributed by atoms with Gasteiger partial charge in [-0.3, -0.25) is 4.79 Å². The van der Waals surface area contributed by atoms with E-state index in [0.29, 0.717) is 16.1 Å². The van der Waals surface area contributed by atoms with Crippen LogP contribution in [0.2, 0.25) is 0 Å². The summed E-state index contributed by atoms with van der Waals surface area (Å²) in [5.74, 6) is 0.156. The van der Waals surface area contributed by atoms with E-state index >= 15 is 0 Å². The third-order valence-corrected chi connectivity index (χ3v) is 2.56. The van der Waals surface area contributed by atoms with Gasteiger partial charge in [0.15, 0.2) is 10.4 Å². The lowest BCUT2D eigenvalue weighted by Gasteiger charge is -2.00. The molecule has 2 heterocycles. The van der Waals surface area contributed by atoms with Crippen molar-refractivity contribution in [3.05, 3.63) is 28.5 Å². The fraction of sp³-hybridized carbons (Fsp3) is 0.250. The topological polar surface area (TPSA) is 65.6 Å². The maximum absolute atomic E-state index is 12.0. The number of rotatable bonds is 2. The lowest BCUT2D eigenvalue weighted by molar-refractivity contribution is 0.101. The van der Waals surface area contributed by atoms with Crippen molar-refractivity contribution in [3.63, 3.8) is 0 Å². The van der Waals surface area contributed by atoms with E-state index in [9.17, 15) is 4.79 Å². The molecule has 0 atom stereocenters. The fourth-order valence-electron chi connectivity index (χ4n) is 1.26. The van der Waals surface area contributed by atoms with Crippen LogP contribution < -0.4 is 0 Å². The molecule has 0 bridgehead atoms. The van der Waals surface area contributed by atoms with Gasteiger partial charge in [-0.05, 0) is 15.9 Å². The number of nitrogens with zero attached hydrogens (tertiary/aromatic N) is 5. The van der Waals surface area contributed by atoms with Gasteiger partial charge in [0.25, 0.3) is 0 Å². The third-order valence-electron chi connectivity index (χ3n) is 2.03. The summed E-state index contributed by atoms with van der Waals surface area (Å²) >= 11 is 3.18. The number of hydrogen-bond acceptors (Lipinski definition) is 4. The molecule has 2 aromatic rings. The lowest BCUT2D eigenvalue weighted by atomic mass is 10.3. The highest BCUT2D eigenvalue weighted by Crippen LogP contribution is 2.15. The summed E-state index contributed by atoms with van der Waals surface area (Å²) in [6.07, 6.45) is 3.29. The molecule has 0 aromatic carbocycles. The van der Waals surface area contributed by atoms with Gasteiger partial charge in [-0.25, -0.2) is 9.67 Å².